The van der Waals surface area contributed by atoms with Crippen LogP contribution >= 0.6 is 15.9 Å². The molecule has 0 amide bonds. The Hall–Kier alpha value is -1.88. The summed E-state index contributed by atoms with van der Waals surface area (Å²) in [6, 6.07) is 19.1. The molecule has 0 radical (unpaired) electrons. The van der Waals surface area contributed by atoms with Gasteiger partial charge in [-0.25, -0.2) is 0 Å². The molecule has 154 valence electrons. The predicted octanol–water partition coefficient (Wildman–Crippen LogP) is 5.83. The summed E-state index contributed by atoms with van der Waals surface area (Å²) in [5, 5.41) is 0. The molecule has 29 heavy (non-hydrogen) atoms. The molecule has 3 nitrogen and oxygen atoms in total. The zero-order chi connectivity index (χ0) is 20.5. The van der Waals surface area contributed by atoms with Crippen molar-refractivity contribution in [2.24, 2.45) is 5.41 Å². The maximum absolute atomic E-state index is 6.14. The van der Waals surface area contributed by atoms with Crippen LogP contribution in [-0.2, 0) is 33.7 Å². The fraction of sp³-hybridized carbons (Fsp3) is 0.360. The smallest absolute Gasteiger partial charge is 0.146 e. The van der Waals surface area contributed by atoms with Gasteiger partial charge in [0.2, 0.25) is 0 Å². The summed E-state index contributed by atoms with van der Waals surface area (Å²) in [5.74, 6) is 0.978. The zero-order valence-corrected chi connectivity index (χ0v) is 18.7. The summed E-state index contributed by atoms with van der Waals surface area (Å²) in [4.78, 5) is 0.119. The van der Waals surface area contributed by atoms with E-state index in [1.807, 2.05) is 18.2 Å². The summed E-state index contributed by atoms with van der Waals surface area (Å²) >= 11 is 3.71. The molecule has 0 N–H and O–H groups in total. The van der Waals surface area contributed by atoms with Crippen LogP contribution in [0.3, 0.4) is 0 Å². The summed E-state index contributed by atoms with van der Waals surface area (Å²) in [5.41, 5.74) is 3.69. The highest BCUT2D eigenvalue weighted by molar-refractivity contribution is 9.09. The summed E-state index contributed by atoms with van der Waals surface area (Å²) < 4.78 is 16.4. The molecule has 1 aliphatic carbocycles. The van der Waals surface area contributed by atoms with Crippen molar-refractivity contribution >= 4 is 15.9 Å². The Balaban J connectivity index is 1.59. The average Bonchev–Trinajstić information content (AvgIpc) is 2.74. The first kappa shape index (κ1) is 21.8. The number of hydrogen-bond acceptors (Lipinski definition) is 3. The Labute approximate surface area is 182 Å². The third-order valence-electron chi connectivity index (χ3n) is 4.98. The molecule has 0 saturated heterocycles. The van der Waals surface area contributed by atoms with Gasteiger partial charge in [-0.3, -0.25) is 0 Å². The van der Waals surface area contributed by atoms with Crippen molar-refractivity contribution in [3.63, 3.8) is 0 Å². The molecule has 0 bridgehead atoms. The van der Waals surface area contributed by atoms with Crippen molar-refractivity contribution in [3.8, 4) is 0 Å². The normalized spacial score (nSPS) is 21.1. The van der Waals surface area contributed by atoms with Crippen molar-refractivity contribution in [2.45, 2.75) is 31.2 Å². The Bertz CT molecular complexity index is 814. The van der Waals surface area contributed by atoms with Crippen molar-refractivity contribution in [2.75, 3.05) is 20.5 Å². The van der Waals surface area contributed by atoms with Crippen molar-refractivity contribution in [3.05, 3.63) is 95.3 Å². The summed E-state index contributed by atoms with van der Waals surface area (Å²) in [6.07, 6.45) is 8.53. The second kappa shape index (κ2) is 10.8. The first-order valence-electron chi connectivity index (χ1n) is 9.95. The number of methoxy groups -OCH3 is 1. The van der Waals surface area contributed by atoms with E-state index < -0.39 is 0 Å². The molecule has 2 atom stereocenters. The minimum atomic E-state index is -0.0701. The first-order valence-corrected chi connectivity index (χ1v) is 10.9. The van der Waals surface area contributed by atoms with E-state index in [0.29, 0.717) is 20.0 Å². The number of halogens is 1. The van der Waals surface area contributed by atoms with Gasteiger partial charge in [-0.15, -0.1) is 0 Å². The molecular formula is C25H29BrO3. The molecule has 2 aromatic carbocycles. The lowest BCUT2D eigenvalue weighted by atomic mass is 9.80. The minimum Gasteiger partial charge on any atom is -0.492 e. The van der Waals surface area contributed by atoms with Crippen LogP contribution in [0.25, 0.3) is 0 Å². The van der Waals surface area contributed by atoms with Crippen molar-refractivity contribution < 1.29 is 14.2 Å². The van der Waals surface area contributed by atoms with Gasteiger partial charge >= 0.3 is 0 Å². The molecule has 0 heterocycles. The van der Waals surface area contributed by atoms with Crippen LogP contribution in [0.15, 0.2) is 78.6 Å². The molecular weight excluding hydrogens is 428 g/mol. The fourth-order valence-corrected chi connectivity index (χ4v) is 3.84. The van der Waals surface area contributed by atoms with E-state index >= 15 is 0 Å². The molecule has 0 aliphatic heterocycles. The summed E-state index contributed by atoms with van der Waals surface area (Å²) in [7, 11) is 1.64. The van der Waals surface area contributed by atoms with Crippen molar-refractivity contribution in [1.29, 1.82) is 0 Å². The largest absolute Gasteiger partial charge is 0.492 e. The second-order valence-corrected chi connectivity index (χ2v) is 8.63. The van der Waals surface area contributed by atoms with E-state index in [1.54, 1.807) is 7.11 Å². The van der Waals surface area contributed by atoms with Crippen molar-refractivity contribution in [1.82, 2.24) is 0 Å². The lowest BCUT2D eigenvalue weighted by molar-refractivity contribution is -0.0291. The van der Waals surface area contributed by atoms with Crippen LogP contribution in [0.2, 0.25) is 0 Å². The van der Waals surface area contributed by atoms with Gasteiger partial charge in [0.15, 0.2) is 0 Å². The van der Waals surface area contributed by atoms with E-state index in [0.717, 1.165) is 18.6 Å². The molecule has 1 aliphatic rings. The quantitative estimate of drug-likeness (QED) is 0.194. The Morgan fingerprint density at radius 2 is 1.69 bits per heavy atom. The number of rotatable bonds is 10. The van der Waals surface area contributed by atoms with E-state index in [4.69, 9.17) is 14.2 Å². The molecule has 2 aromatic rings. The van der Waals surface area contributed by atoms with Gasteiger partial charge in [-0.1, -0.05) is 89.6 Å². The SMILES string of the molecule is COCOCCc1ccc(CC2(C)C=CC(Br)C(OCc3ccccc3)=C2)cc1. The Morgan fingerprint density at radius 3 is 2.41 bits per heavy atom. The third kappa shape index (κ3) is 6.84. The molecule has 0 fully saturated rings. The number of allylic oxidation sites excluding steroid dienone is 3. The van der Waals surface area contributed by atoms with Crippen LogP contribution in [0, 0.1) is 5.41 Å². The van der Waals surface area contributed by atoms with Gasteiger partial charge < -0.3 is 14.2 Å². The van der Waals surface area contributed by atoms with E-state index in [1.165, 1.54) is 16.7 Å². The maximum atomic E-state index is 6.14. The summed E-state index contributed by atoms with van der Waals surface area (Å²) in [6.45, 7) is 3.85. The minimum absolute atomic E-state index is 0.0701. The van der Waals surface area contributed by atoms with Gasteiger partial charge in [-0.05, 0) is 35.6 Å². The maximum Gasteiger partial charge on any atom is 0.146 e. The monoisotopic (exact) mass is 456 g/mol. The number of ether oxygens (including phenoxy) is 3. The standard InChI is InChI=1S/C25H29BrO3/c1-25(16-21-10-8-20(9-11-21)13-15-28-19-27-2)14-12-23(26)24(17-25)29-18-22-6-4-3-5-7-22/h3-12,14,17,23H,13,15-16,18-19H2,1-2H3. The molecule has 0 saturated carbocycles. The van der Waals surface area contributed by atoms with Crippen LogP contribution in [0.4, 0.5) is 0 Å². The lowest BCUT2D eigenvalue weighted by Crippen LogP contribution is -2.21. The first-order chi connectivity index (χ1) is 14.1. The van der Waals surface area contributed by atoms with Crippen LogP contribution in [0.5, 0.6) is 0 Å². The fourth-order valence-electron chi connectivity index (χ4n) is 3.42. The van der Waals surface area contributed by atoms with Crippen LogP contribution in [-0.4, -0.2) is 25.3 Å². The van der Waals surface area contributed by atoms with Gasteiger partial charge in [0.25, 0.3) is 0 Å². The van der Waals surface area contributed by atoms with E-state index in [2.05, 4.69) is 77.5 Å². The lowest BCUT2D eigenvalue weighted by Gasteiger charge is -2.29. The Morgan fingerprint density at radius 1 is 0.966 bits per heavy atom. The molecule has 4 heteroatoms. The predicted molar refractivity (Wildman–Crippen MR) is 121 cm³/mol. The highest BCUT2D eigenvalue weighted by Crippen LogP contribution is 2.35. The third-order valence-corrected chi connectivity index (χ3v) is 5.74. The molecule has 2 unspecified atom stereocenters. The zero-order valence-electron chi connectivity index (χ0n) is 17.1. The molecule has 0 aromatic heterocycles. The molecule has 0 spiro atoms. The van der Waals surface area contributed by atoms with E-state index in [9.17, 15) is 0 Å². The topological polar surface area (TPSA) is 27.7 Å². The van der Waals surface area contributed by atoms with Crippen LogP contribution in [0.1, 0.15) is 23.6 Å². The van der Waals surface area contributed by atoms with Crippen LogP contribution < -0.4 is 0 Å². The number of hydrogen-bond donors (Lipinski definition) is 0. The second-order valence-electron chi connectivity index (χ2n) is 7.65. The number of benzene rings is 2. The van der Waals surface area contributed by atoms with E-state index in [-0.39, 0.29) is 10.2 Å². The molecule has 3 rings (SSSR count). The highest BCUT2D eigenvalue weighted by Gasteiger charge is 2.27. The van der Waals surface area contributed by atoms with Gasteiger partial charge in [0.05, 0.1) is 11.4 Å². The average molecular weight is 457 g/mol. The highest BCUT2D eigenvalue weighted by atomic mass is 79.9. The number of alkyl halides is 1. The van der Waals surface area contributed by atoms with Gasteiger partial charge in [0.1, 0.15) is 19.2 Å². The van der Waals surface area contributed by atoms with Gasteiger partial charge in [0, 0.05) is 12.5 Å². The van der Waals surface area contributed by atoms with Gasteiger partial charge in [-0.2, -0.15) is 0 Å². The Kier molecular flexibility index (Phi) is 8.10.